The molecule has 1 aliphatic rings. The molecule has 1 fully saturated rings. The van der Waals surface area contributed by atoms with Crippen LogP contribution in [-0.4, -0.2) is 25.9 Å². The fourth-order valence-electron chi connectivity index (χ4n) is 3.20. The zero-order chi connectivity index (χ0) is 19.7. The summed E-state index contributed by atoms with van der Waals surface area (Å²) >= 11 is 0. The molecular formula is C24H52O2. The van der Waals surface area contributed by atoms with Crippen molar-refractivity contribution >= 4 is 0 Å². The van der Waals surface area contributed by atoms with E-state index < -0.39 is 0 Å². The largest absolute Gasteiger partial charge is 0.379 e. The Morgan fingerprint density at radius 3 is 1.65 bits per heavy atom. The summed E-state index contributed by atoms with van der Waals surface area (Å²) in [7, 11) is 0. The number of rotatable bonds is 15. The molecule has 1 atom stereocenters. The smallest absolute Gasteiger partial charge is 0.0808 e. The molecule has 0 bridgehead atoms. The third kappa shape index (κ3) is 22.0. The van der Waals surface area contributed by atoms with Gasteiger partial charge in [-0.1, -0.05) is 105 Å². The third-order valence-corrected chi connectivity index (χ3v) is 4.72. The second-order valence-corrected chi connectivity index (χ2v) is 6.95. The summed E-state index contributed by atoms with van der Waals surface area (Å²) in [4.78, 5) is 0. The van der Waals surface area contributed by atoms with Gasteiger partial charge in [0.05, 0.1) is 12.7 Å². The van der Waals surface area contributed by atoms with E-state index in [1.165, 1.54) is 96.3 Å². The first-order chi connectivity index (χ1) is 12.9. The van der Waals surface area contributed by atoms with Crippen LogP contribution in [0.15, 0.2) is 0 Å². The van der Waals surface area contributed by atoms with Gasteiger partial charge in [-0.25, -0.2) is 0 Å². The molecule has 160 valence electrons. The molecule has 26 heavy (non-hydrogen) atoms. The topological polar surface area (TPSA) is 18.5 Å². The molecule has 0 aromatic carbocycles. The Labute approximate surface area is 166 Å². The lowest BCUT2D eigenvalue weighted by atomic mass is 10.1. The number of unbranched alkanes of at least 4 members (excludes halogenated alkanes) is 11. The van der Waals surface area contributed by atoms with Gasteiger partial charge in [0.1, 0.15) is 0 Å². The monoisotopic (exact) mass is 372 g/mol. The van der Waals surface area contributed by atoms with Gasteiger partial charge in [-0.15, -0.1) is 0 Å². The fourth-order valence-corrected chi connectivity index (χ4v) is 3.20. The van der Waals surface area contributed by atoms with Crippen LogP contribution in [0.25, 0.3) is 0 Å². The minimum Gasteiger partial charge on any atom is -0.379 e. The molecule has 2 nitrogen and oxygen atoms in total. The maximum Gasteiger partial charge on any atom is 0.0808 e. The van der Waals surface area contributed by atoms with Gasteiger partial charge in [-0.05, 0) is 25.7 Å². The molecule has 2 heteroatoms. The SMILES string of the molecule is CC.CC.CCCCCCCCCCCCCCOCC1CCCCO1. The standard InChI is InChI=1S/C20H40O2.2C2H6/c1-2-3-4-5-6-7-8-9-10-11-12-14-17-21-19-20-16-13-15-18-22-20;2*1-2/h20H,2-19H2,1H3;2*1-2H3. The van der Waals surface area contributed by atoms with Gasteiger partial charge in [0.2, 0.25) is 0 Å². The molecule has 1 rings (SSSR count). The van der Waals surface area contributed by atoms with Crippen molar-refractivity contribution in [3.63, 3.8) is 0 Å². The van der Waals surface area contributed by atoms with Crippen LogP contribution >= 0.6 is 0 Å². The molecule has 0 aromatic heterocycles. The second kappa shape index (κ2) is 27.1. The summed E-state index contributed by atoms with van der Waals surface area (Å²) in [5.74, 6) is 0. The van der Waals surface area contributed by atoms with E-state index in [4.69, 9.17) is 9.47 Å². The van der Waals surface area contributed by atoms with Crippen LogP contribution in [0.2, 0.25) is 0 Å². The van der Waals surface area contributed by atoms with Crippen molar-refractivity contribution in [1.29, 1.82) is 0 Å². The van der Waals surface area contributed by atoms with E-state index in [1.54, 1.807) is 0 Å². The summed E-state index contributed by atoms with van der Waals surface area (Å²) in [5, 5.41) is 0. The van der Waals surface area contributed by atoms with Gasteiger partial charge in [0.15, 0.2) is 0 Å². The first-order valence-electron chi connectivity index (χ1n) is 12.1. The molecule has 1 saturated heterocycles. The Morgan fingerprint density at radius 2 is 1.19 bits per heavy atom. The maximum atomic E-state index is 5.74. The molecule has 1 heterocycles. The Bertz CT molecular complexity index is 212. The van der Waals surface area contributed by atoms with E-state index in [0.717, 1.165) is 19.8 Å². The van der Waals surface area contributed by atoms with Gasteiger partial charge in [-0.3, -0.25) is 0 Å². The van der Waals surface area contributed by atoms with Crippen LogP contribution in [0.3, 0.4) is 0 Å². The van der Waals surface area contributed by atoms with Crippen LogP contribution in [0.5, 0.6) is 0 Å². The predicted octanol–water partition coefficient (Wildman–Crippen LogP) is 8.33. The van der Waals surface area contributed by atoms with E-state index in [2.05, 4.69) is 6.92 Å². The van der Waals surface area contributed by atoms with Gasteiger partial charge in [0, 0.05) is 13.2 Å². The van der Waals surface area contributed by atoms with Crippen molar-refractivity contribution < 1.29 is 9.47 Å². The number of ether oxygens (including phenoxy) is 2. The van der Waals surface area contributed by atoms with E-state index >= 15 is 0 Å². The Balaban J connectivity index is 0. The lowest BCUT2D eigenvalue weighted by Crippen LogP contribution is -2.24. The van der Waals surface area contributed by atoms with Crippen molar-refractivity contribution in [1.82, 2.24) is 0 Å². The first-order valence-corrected chi connectivity index (χ1v) is 12.1. The van der Waals surface area contributed by atoms with Gasteiger partial charge in [-0.2, -0.15) is 0 Å². The average molecular weight is 373 g/mol. The fraction of sp³-hybridized carbons (Fsp3) is 1.00. The van der Waals surface area contributed by atoms with Crippen LogP contribution in [0.1, 0.15) is 131 Å². The quantitative estimate of drug-likeness (QED) is 0.269. The molecule has 0 N–H and O–H groups in total. The van der Waals surface area contributed by atoms with Crippen LogP contribution in [0, 0.1) is 0 Å². The summed E-state index contributed by atoms with van der Waals surface area (Å²) in [5.41, 5.74) is 0. The average Bonchev–Trinajstić information content (AvgIpc) is 2.72. The van der Waals surface area contributed by atoms with Crippen molar-refractivity contribution in [3.05, 3.63) is 0 Å². The molecule has 1 aliphatic heterocycles. The van der Waals surface area contributed by atoms with Crippen LogP contribution < -0.4 is 0 Å². The van der Waals surface area contributed by atoms with Crippen molar-refractivity contribution in [2.75, 3.05) is 19.8 Å². The number of hydrogen-bond donors (Lipinski definition) is 0. The van der Waals surface area contributed by atoms with Crippen molar-refractivity contribution in [2.24, 2.45) is 0 Å². The summed E-state index contributed by atoms with van der Waals surface area (Å²) in [6.07, 6.45) is 21.0. The summed E-state index contributed by atoms with van der Waals surface area (Å²) < 4.78 is 11.4. The highest BCUT2D eigenvalue weighted by Gasteiger charge is 2.13. The molecule has 0 spiro atoms. The van der Waals surface area contributed by atoms with Crippen LogP contribution in [0.4, 0.5) is 0 Å². The third-order valence-electron chi connectivity index (χ3n) is 4.72. The molecular weight excluding hydrogens is 320 g/mol. The Morgan fingerprint density at radius 1 is 0.692 bits per heavy atom. The van der Waals surface area contributed by atoms with Crippen molar-refractivity contribution in [3.8, 4) is 0 Å². The summed E-state index contributed by atoms with van der Waals surface area (Å²) in [6, 6.07) is 0. The predicted molar refractivity (Wildman–Crippen MR) is 118 cm³/mol. The highest BCUT2D eigenvalue weighted by molar-refractivity contribution is 4.62. The van der Waals surface area contributed by atoms with E-state index in [1.807, 2.05) is 27.7 Å². The van der Waals surface area contributed by atoms with Gasteiger partial charge in [0.25, 0.3) is 0 Å². The molecule has 1 unspecified atom stereocenters. The normalized spacial score (nSPS) is 16.3. The maximum absolute atomic E-state index is 5.74. The molecule has 0 aliphatic carbocycles. The Hall–Kier alpha value is -0.0800. The highest BCUT2D eigenvalue weighted by atomic mass is 16.5. The molecule has 0 aromatic rings. The van der Waals surface area contributed by atoms with E-state index in [-0.39, 0.29) is 0 Å². The number of hydrogen-bond acceptors (Lipinski definition) is 2. The highest BCUT2D eigenvalue weighted by Crippen LogP contribution is 2.14. The van der Waals surface area contributed by atoms with Crippen molar-refractivity contribution in [2.45, 2.75) is 137 Å². The first kappa shape index (κ1) is 28.1. The van der Waals surface area contributed by atoms with E-state index in [9.17, 15) is 0 Å². The lowest BCUT2D eigenvalue weighted by Gasteiger charge is -2.22. The molecule has 0 radical (unpaired) electrons. The minimum atomic E-state index is 0.381. The van der Waals surface area contributed by atoms with E-state index in [0.29, 0.717) is 6.10 Å². The second-order valence-electron chi connectivity index (χ2n) is 6.95. The zero-order valence-corrected chi connectivity index (χ0v) is 19.1. The van der Waals surface area contributed by atoms with Crippen LogP contribution in [-0.2, 0) is 9.47 Å². The van der Waals surface area contributed by atoms with Gasteiger partial charge < -0.3 is 9.47 Å². The zero-order valence-electron chi connectivity index (χ0n) is 19.1. The minimum absolute atomic E-state index is 0.381. The van der Waals surface area contributed by atoms with Gasteiger partial charge >= 0.3 is 0 Å². The molecule has 0 amide bonds. The summed E-state index contributed by atoms with van der Waals surface area (Å²) in [6.45, 7) is 13.0. The molecule has 0 saturated carbocycles. The lowest BCUT2D eigenvalue weighted by molar-refractivity contribution is -0.0411. The Kier molecular flexibility index (Phi) is 29.4.